The van der Waals surface area contributed by atoms with Crippen LogP contribution in [0.3, 0.4) is 0 Å². The predicted octanol–water partition coefficient (Wildman–Crippen LogP) is 3.31. The second-order valence-corrected chi connectivity index (χ2v) is 6.56. The van der Waals surface area contributed by atoms with Crippen molar-refractivity contribution < 1.29 is 14.3 Å². The molecule has 0 bridgehead atoms. The molecule has 7 heteroatoms. The number of carbonyl (C=O) groups is 1. The Hall–Kier alpha value is -2.57. The van der Waals surface area contributed by atoms with Crippen LogP contribution in [0.15, 0.2) is 42.7 Å². The van der Waals surface area contributed by atoms with Gasteiger partial charge in [0.15, 0.2) is 0 Å². The molecule has 1 aliphatic heterocycles. The number of aromatic nitrogens is 2. The summed E-state index contributed by atoms with van der Waals surface area (Å²) in [6, 6.07) is 9.53. The summed E-state index contributed by atoms with van der Waals surface area (Å²) in [6.45, 7) is 1.62. The van der Waals surface area contributed by atoms with Crippen molar-refractivity contribution in [3.05, 3.63) is 58.9 Å². The third kappa shape index (κ3) is 3.52. The smallest absolute Gasteiger partial charge is 0.253 e. The molecule has 4 rings (SSSR count). The second kappa shape index (κ2) is 7.35. The normalized spacial score (nSPS) is 16.7. The van der Waals surface area contributed by atoms with Gasteiger partial charge in [0, 0.05) is 36.3 Å². The molecule has 0 aliphatic carbocycles. The van der Waals surface area contributed by atoms with Gasteiger partial charge in [-0.05, 0) is 17.7 Å². The lowest BCUT2D eigenvalue weighted by Gasteiger charge is -2.12. The lowest BCUT2D eigenvalue weighted by molar-refractivity contribution is 0.0950. The molecular formula is C19H18ClN3O3. The van der Waals surface area contributed by atoms with Crippen LogP contribution in [0.1, 0.15) is 22.3 Å². The third-order valence-electron chi connectivity index (χ3n) is 4.35. The van der Waals surface area contributed by atoms with Crippen molar-refractivity contribution in [2.24, 2.45) is 0 Å². The van der Waals surface area contributed by atoms with E-state index in [2.05, 4.69) is 15.3 Å². The number of halogens is 1. The van der Waals surface area contributed by atoms with Gasteiger partial charge in [0.2, 0.25) is 5.88 Å². The zero-order valence-electron chi connectivity index (χ0n) is 14.0. The Morgan fingerprint density at radius 1 is 1.42 bits per heavy atom. The molecule has 2 N–H and O–H groups in total. The number of fused-ring (bicyclic) bond motifs is 1. The SMILES string of the molecule is O=C(NCc1c[nH]c2ccccc12)c1cnc(O[C@@H]2CCOC2)c(Cl)c1. The number of H-pyrrole nitrogens is 1. The van der Waals surface area contributed by atoms with Gasteiger partial charge in [-0.3, -0.25) is 4.79 Å². The Bertz CT molecular complexity index is 935. The van der Waals surface area contributed by atoms with E-state index < -0.39 is 0 Å². The maximum absolute atomic E-state index is 12.4. The summed E-state index contributed by atoms with van der Waals surface area (Å²) in [5.74, 6) is 0.0933. The van der Waals surface area contributed by atoms with E-state index in [1.165, 1.54) is 6.20 Å². The quantitative estimate of drug-likeness (QED) is 0.721. The Morgan fingerprint density at radius 3 is 3.12 bits per heavy atom. The van der Waals surface area contributed by atoms with Gasteiger partial charge in [0.1, 0.15) is 11.1 Å². The lowest BCUT2D eigenvalue weighted by atomic mass is 10.1. The summed E-state index contributed by atoms with van der Waals surface area (Å²) < 4.78 is 11.0. The van der Waals surface area contributed by atoms with Crippen molar-refractivity contribution in [1.29, 1.82) is 0 Å². The fraction of sp³-hybridized carbons (Fsp3) is 0.263. The molecule has 26 heavy (non-hydrogen) atoms. The number of benzene rings is 1. The predicted molar refractivity (Wildman–Crippen MR) is 98.6 cm³/mol. The highest BCUT2D eigenvalue weighted by molar-refractivity contribution is 6.32. The fourth-order valence-corrected chi connectivity index (χ4v) is 3.17. The van der Waals surface area contributed by atoms with E-state index >= 15 is 0 Å². The lowest BCUT2D eigenvalue weighted by Crippen LogP contribution is -2.23. The van der Waals surface area contributed by atoms with E-state index in [0.717, 1.165) is 22.9 Å². The highest BCUT2D eigenvalue weighted by Crippen LogP contribution is 2.25. The molecule has 2 aromatic heterocycles. The van der Waals surface area contributed by atoms with Crippen molar-refractivity contribution in [2.75, 3.05) is 13.2 Å². The number of nitrogens with zero attached hydrogens (tertiary/aromatic N) is 1. The van der Waals surface area contributed by atoms with Crippen molar-refractivity contribution in [3.63, 3.8) is 0 Å². The first-order chi connectivity index (χ1) is 12.7. The van der Waals surface area contributed by atoms with Crippen LogP contribution in [-0.4, -0.2) is 35.2 Å². The Kier molecular flexibility index (Phi) is 4.77. The number of para-hydroxylation sites is 1. The molecule has 1 aliphatic rings. The van der Waals surface area contributed by atoms with E-state index in [0.29, 0.717) is 36.2 Å². The number of hydrogen-bond donors (Lipinski definition) is 2. The van der Waals surface area contributed by atoms with Crippen LogP contribution in [0, 0.1) is 0 Å². The molecule has 0 spiro atoms. The summed E-state index contributed by atoms with van der Waals surface area (Å²) >= 11 is 6.22. The second-order valence-electron chi connectivity index (χ2n) is 6.16. The number of hydrogen-bond acceptors (Lipinski definition) is 4. The van der Waals surface area contributed by atoms with E-state index in [1.807, 2.05) is 30.5 Å². The molecule has 1 atom stereocenters. The molecule has 0 unspecified atom stereocenters. The summed E-state index contributed by atoms with van der Waals surface area (Å²) in [5.41, 5.74) is 2.46. The zero-order valence-corrected chi connectivity index (χ0v) is 14.8. The largest absolute Gasteiger partial charge is 0.471 e. The molecule has 3 aromatic rings. The molecule has 1 aromatic carbocycles. The number of pyridine rings is 1. The Labute approximate surface area is 155 Å². The van der Waals surface area contributed by atoms with Gasteiger partial charge in [-0.1, -0.05) is 29.8 Å². The highest BCUT2D eigenvalue weighted by atomic mass is 35.5. The highest BCUT2D eigenvalue weighted by Gasteiger charge is 2.20. The Morgan fingerprint density at radius 2 is 2.31 bits per heavy atom. The van der Waals surface area contributed by atoms with E-state index in [4.69, 9.17) is 21.1 Å². The van der Waals surface area contributed by atoms with Gasteiger partial charge in [-0.25, -0.2) is 4.98 Å². The van der Waals surface area contributed by atoms with E-state index in [9.17, 15) is 4.79 Å². The summed E-state index contributed by atoms with van der Waals surface area (Å²) in [6.07, 6.45) is 4.14. The van der Waals surface area contributed by atoms with Gasteiger partial charge >= 0.3 is 0 Å². The van der Waals surface area contributed by atoms with Crippen LogP contribution in [0.25, 0.3) is 10.9 Å². The number of carbonyl (C=O) groups excluding carboxylic acids is 1. The monoisotopic (exact) mass is 371 g/mol. The average Bonchev–Trinajstić information content (AvgIpc) is 3.31. The van der Waals surface area contributed by atoms with Gasteiger partial charge in [-0.15, -0.1) is 0 Å². The van der Waals surface area contributed by atoms with Gasteiger partial charge in [0.25, 0.3) is 5.91 Å². The third-order valence-corrected chi connectivity index (χ3v) is 4.62. The number of rotatable bonds is 5. The average molecular weight is 372 g/mol. The number of nitrogens with one attached hydrogen (secondary N) is 2. The van der Waals surface area contributed by atoms with Crippen LogP contribution >= 0.6 is 11.6 Å². The maximum atomic E-state index is 12.4. The molecule has 1 saturated heterocycles. The first-order valence-electron chi connectivity index (χ1n) is 8.44. The standard InChI is InChI=1S/C19H18ClN3O3/c20-16-7-12(8-23-19(16)26-14-5-6-25-11-14)18(24)22-10-13-9-21-17-4-2-1-3-15(13)17/h1-4,7-9,14,21H,5-6,10-11H2,(H,22,24)/t14-/m1/s1. The first-order valence-corrected chi connectivity index (χ1v) is 8.81. The summed E-state index contributed by atoms with van der Waals surface area (Å²) in [4.78, 5) is 19.8. The minimum Gasteiger partial charge on any atom is -0.471 e. The van der Waals surface area contributed by atoms with Crippen LogP contribution in [0.2, 0.25) is 5.02 Å². The molecule has 6 nitrogen and oxygen atoms in total. The fourth-order valence-electron chi connectivity index (χ4n) is 2.96. The molecule has 0 saturated carbocycles. The number of aromatic amines is 1. The molecule has 1 amide bonds. The van der Waals surface area contributed by atoms with Crippen LogP contribution in [-0.2, 0) is 11.3 Å². The summed E-state index contributed by atoms with van der Waals surface area (Å²) in [5, 5.41) is 4.30. The molecular weight excluding hydrogens is 354 g/mol. The van der Waals surface area contributed by atoms with Crippen molar-refractivity contribution in [3.8, 4) is 5.88 Å². The minimum absolute atomic E-state index is 0.0402. The van der Waals surface area contributed by atoms with E-state index in [-0.39, 0.29) is 12.0 Å². The molecule has 3 heterocycles. The van der Waals surface area contributed by atoms with Crippen molar-refractivity contribution >= 4 is 28.4 Å². The Balaban J connectivity index is 1.42. The van der Waals surface area contributed by atoms with E-state index in [1.54, 1.807) is 6.07 Å². The van der Waals surface area contributed by atoms with Crippen molar-refractivity contribution in [2.45, 2.75) is 19.1 Å². The van der Waals surface area contributed by atoms with Crippen LogP contribution in [0.5, 0.6) is 5.88 Å². The molecule has 1 fully saturated rings. The molecule has 0 radical (unpaired) electrons. The van der Waals surface area contributed by atoms with Crippen molar-refractivity contribution in [1.82, 2.24) is 15.3 Å². The zero-order chi connectivity index (χ0) is 17.9. The maximum Gasteiger partial charge on any atom is 0.253 e. The minimum atomic E-state index is -0.236. The molecule has 134 valence electrons. The first kappa shape index (κ1) is 16.9. The van der Waals surface area contributed by atoms with Crippen LogP contribution < -0.4 is 10.1 Å². The number of ether oxygens (including phenoxy) is 2. The topological polar surface area (TPSA) is 76.2 Å². The van der Waals surface area contributed by atoms with Gasteiger partial charge < -0.3 is 19.8 Å². The van der Waals surface area contributed by atoms with Crippen LogP contribution in [0.4, 0.5) is 0 Å². The summed E-state index contributed by atoms with van der Waals surface area (Å²) in [7, 11) is 0. The van der Waals surface area contributed by atoms with Gasteiger partial charge in [0.05, 0.1) is 18.8 Å². The number of amides is 1. The van der Waals surface area contributed by atoms with Gasteiger partial charge in [-0.2, -0.15) is 0 Å².